The van der Waals surface area contributed by atoms with Crippen LogP contribution in [0.4, 0.5) is 0 Å². The minimum atomic E-state index is -0.108. The number of piperidine rings is 1. The Morgan fingerprint density at radius 1 is 1.35 bits per heavy atom. The Hall–Kier alpha value is -1.06. The lowest BCUT2D eigenvalue weighted by Gasteiger charge is -2.34. The van der Waals surface area contributed by atoms with Gasteiger partial charge in [-0.25, -0.2) is 0 Å². The van der Waals surface area contributed by atoms with Gasteiger partial charge < -0.3 is 9.84 Å². The van der Waals surface area contributed by atoms with E-state index in [0.717, 1.165) is 31.7 Å². The number of methoxy groups -OCH3 is 1. The predicted octanol–water partition coefficient (Wildman–Crippen LogP) is 2.21. The summed E-state index contributed by atoms with van der Waals surface area (Å²) in [6.07, 6.45) is 1.66. The summed E-state index contributed by atoms with van der Waals surface area (Å²) in [4.78, 5) is 2.42. The number of likely N-dealkylation sites (tertiary alicyclic amines) is 1. The first kappa shape index (κ1) is 12.4. The number of nitrogens with zero attached hydrogens (tertiary/aromatic N) is 1. The van der Waals surface area contributed by atoms with Crippen LogP contribution < -0.4 is 4.74 Å². The van der Waals surface area contributed by atoms with Crippen molar-refractivity contribution >= 4 is 0 Å². The molecule has 1 aliphatic rings. The highest BCUT2D eigenvalue weighted by Crippen LogP contribution is 2.26. The molecular formula is C14H21NO2. The van der Waals surface area contributed by atoms with Crippen molar-refractivity contribution in [3.8, 4) is 5.75 Å². The fraction of sp³-hybridized carbons (Fsp3) is 0.571. The van der Waals surface area contributed by atoms with Gasteiger partial charge in [0, 0.05) is 19.1 Å². The number of benzene rings is 1. The van der Waals surface area contributed by atoms with Crippen LogP contribution >= 0.6 is 0 Å². The van der Waals surface area contributed by atoms with Gasteiger partial charge in [-0.05, 0) is 37.5 Å². The topological polar surface area (TPSA) is 32.7 Å². The molecule has 1 fully saturated rings. The van der Waals surface area contributed by atoms with Crippen LogP contribution in [0.15, 0.2) is 24.3 Å². The molecule has 0 aromatic heterocycles. The lowest BCUT2D eigenvalue weighted by Crippen LogP contribution is -2.37. The van der Waals surface area contributed by atoms with Gasteiger partial charge in [0.25, 0.3) is 0 Å². The van der Waals surface area contributed by atoms with Gasteiger partial charge in [-0.1, -0.05) is 12.1 Å². The van der Waals surface area contributed by atoms with Crippen molar-refractivity contribution in [2.45, 2.75) is 31.9 Å². The summed E-state index contributed by atoms with van der Waals surface area (Å²) in [5.74, 6) is 0.909. The van der Waals surface area contributed by atoms with Crippen molar-refractivity contribution in [1.29, 1.82) is 0 Å². The number of hydrogen-bond acceptors (Lipinski definition) is 3. The van der Waals surface area contributed by atoms with Crippen LogP contribution in [0.3, 0.4) is 0 Å². The van der Waals surface area contributed by atoms with Gasteiger partial charge in [0.05, 0.1) is 13.2 Å². The van der Waals surface area contributed by atoms with E-state index in [-0.39, 0.29) is 6.10 Å². The molecule has 3 heteroatoms. The van der Waals surface area contributed by atoms with E-state index in [1.165, 1.54) is 5.56 Å². The zero-order valence-corrected chi connectivity index (χ0v) is 10.6. The minimum absolute atomic E-state index is 0.108. The normalized spacial score (nSPS) is 20.2. The molecule has 1 aromatic rings. The van der Waals surface area contributed by atoms with E-state index >= 15 is 0 Å². The Kier molecular flexibility index (Phi) is 4.02. The largest absolute Gasteiger partial charge is 0.497 e. The number of aliphatic hydroxyl groups is 1. The van der Waals surface area contributed by atoms with E-state index in [4.69, 9.17) is 4.74 Å². The zero-order chi connectivity index (χ0) is 12.3. The fourth-order valence-corrected chi connectivity index (χ4v) is 2.39. The molecule has 1 aromatic carbocycles. The fourth-order valence-electron chi connectivity index (χ4n) is 2.39. The summed E-state index contributed by atoms with van der Waals surface area (Å²) in [6, 6.07) is 8.62. The molecule has 2 rings (SSSR count). The summed E-state index contributed by atoms with van der Waals surface area (Å²) in [5.41, 5.74) is 1.28. The Morgan fingerprint density at radius 2 is 2.06 bits per heavy atom. The van der Waals surface area contributed by atoms with Crippen LogP contribution in [0.5, 0.6) is 5.75 Å². The van der Waals surface area contributed by atoms with Crippen LogP contribution in [0.25, 0.3) is 0 Å². The van der Waals surface area contributed by atoms with Crippen LogP contribution in [-0.4, -0.2) is 36.3 Å². The van der Waals surface area contributed by atoms with E-state index in [9.17, 15) is 5.11 Å². The average molecular weight is 235 g/mol. The second kappa shape index (κ2) is 5.52. The molecule has 1 aliphatic heterocycles. The molecular weight excluding hydrogens is 214 g/mol. The average Bonchev–Trinajstić information content (AvgIpc) is 2.39. The van der Waals surface area contributed by atoms with E-state index in [0.29, 0.717) is 6.04 Å². The maximum Gasteiger partial charge on any atom is 0.119 e. The molecule has 0 radical (unpaired) electrons. The molecule has 1 atom stereocenters. The van der Waals surface area contributed by atoms with Crippen molar-refractivity contribution < 1.29 is 9.84 Å². The molecule has 1 N–H and O–H groups in total. The number of rotatable bonds is 3. The van der Waals surface area contributed by atoms with Crippen molar-refractivity contribution in [3.05, 3.63) is 29.8 Å². The van der Waals surface area contributed by atoms with Crippen LogP contribution in [0, 0.1) is 0 Å². The molecule has 0 saturated carbocycles. The first-order valence-electron chi connectivity index (χ1n) is 6.27. The lowest BCUT2D eigenvalue weighted by molar-refractivity contribution is 0.0645. The SMILES string of the molecule is COc1cccc([C@@H](C)N2CCC(O)CC2)c1. The zero-order valence-electron chi connectivity index (χ0n) is 10.6. The second-order valence-electron chi connectivity index (χ2n) is 4.72. The molecule has 0 bridgehead atoms. The standard InChI is InChI=1S/C14H21NO2/c1-11(15-8-6-13(16)7-9-15)12-4-3-5-14(10-12)17-2/h3-5,10-11,13,16H,6-9H2,1-2H3/t11-/m1/s1. The highest BCUT2D eigenvalue weighted by atomic mass is 16.5. The van der Waals surface area contributed by atoms with Gasteiger partial charge >= 0.3 is 0 Å². The maximum absolute atomic E-state index is 9.51. The molecule has 0 unspecified atom stereocenters. The smallest absolute Gasteiger partial charge is 0.119 e. The lowest BCUT2D eigenvalue weighted by atomic mass is 10.0. The van der Waals surface area contributed by atoms with Gasteiger partial charge in [0.2, 0.25) is 0 Å². The first-order chi connectivity index (χ1) is 8.20. The molecule has 17 heavy (non-hydrogen) atoms. The monoisotopic (exact) mass is 235 g/mol. The quantitative estimate of drug-likeness (QED) is 0.872. The Morgan fingerprint density at radius 3 is 2.71 bits per heavy atom. The Bertz CT molecular complexity index is 359. The predicted molar refractivity (Wildman–Crippen MR) is 68.2 cm³/mol. The summed E-state index contributed by atoms with van der Waals surface area (Å²) < 4.78 is 5.25. The number of ether oxygens (including phenoxy) is 1. The van der Waals surface area contributed by atoms with E-state index < -0.39 is 0 Å². The highest BCUT2D eigenvalue weighted by molar-refractivity contribution is 5.30. The van der Waals surface area contributed by atoms with E-state index in [1.54, 1.807) is 7.11 Å². The van der Waals surface area contributed by atoms with Crippen molar-refractivity contribution in [2.24, 2.45) is 0 Å². The maximum atomic E-state index is 9.51. The number of aliphatic hydroxyl groups excluding tert-OH is 1. The molecule has 3 nitrogen and oxygen atoms in total. The summed E-state index contributed by atoms with van der Waals surface area (Å²) in [6.45, 7) is 4.16. The van der Waals surface area contributed by atoms with Gasteiger partial charge in [-0.2, -0.15) is 0 Å². The van der Waals surface area contributed by atoms with Crippen molar-refractivity contribution in [3.63, 3.8) is 0 Å². The van der Waals surface area contributed by atoms with E-state index in [1.807, 2.05) is 12.1 Å². The summed E-state index contributed by atoms with van der Waals surface area (Å²) in [5, 5.41) is 9.51. The Labute approximate surface area is 103 Å². The van der Waals surface area contributed by atoms with E-state index in [2.05, 4.69) is 24.0 Å². The molecule has 1 heterocycles. The highest BCUT2D eigenvalue weighted by Gasteiger charge is 2.22. The minimum Gasteiger partial charge on any atom is -0.497 e. The van der Waals surface area contributed by atoms with Gasteiger partial charge in [0.15, 0.2) is 0 Å². The van der Waals surface area contributed by atoms with Gasteiger partial charge in [-0.15, -0.1) is 0 Å². The third-order valence-corrected chi connectivity index (χ3v) is 3.62. The third kappa shape index (κ3) is 2.99. The molecule has 1 saturated heterocycles. The van der Waals surface area contributed by atoms with Crippen LogP contribution in [0.1, 0.15) is 31.4 Å². The molecule has 0 amide bonds. The van der Waals surface area contributed by atoms with Gasteiger partial charge in [0.1, 0.15) is 5.75 Å². The molecule has 0 aliphatic carbocycles. The Balaban J connectivity index is 2.05. The van der Waals surface area contributed by atoms with Gasteiger partial charge in [-0.3, -0.25) is 4.90 Å². The molecule has 0 spiro atoms. The van der Waals surface area contributed by atoms with Crippen molar-refractivity contribution in [2.75, 3.05) is 20.2 Å². The summed E-state index contributed by atoms with van der Waals surface area (Å²) in [7, 11) is 1.70. The van der Waals surface area contributed by atoms with Crippen molar-refractivity contribution in [1.82, 2.24) is 4.90 Å². The van der Waals surface area contributed by atoms with Crippen LogP contribution in [0.2, 0.25) is 0 Å². The third-order valence-electron chi connectivity index (χ3n) is 3.62. The number of hydrogen-bond donors (Lipinski definition) is 1. The van der Waals surface area contributed by atoms with Crippen LogP contribution in [-0.2, 0) is 0 Å². The second-order valence-corrected chi connectivity index (χ2v) is 4.72. The first-order valence-corrected chi connectivity index (χ1v) is 6.27. The summed E-state index contributed by atoms with van der Waals surface area (Å²) >= 11 is 0. The molecule has 94 valence electrons.